The number of hydrogen-bond donors (Lipinski definition) is 0. The molecule has 0 aromatic heterocycles. The minimum absolute atomic E-state index is 0.138. The molecule has 2 amide bonds. The summed E-state index contributed by atoms with van der Waals surface area (Å²) >= 11 is 0.795. The van der Waals surface area contributed by atoms with Gasteiger partial charge in [-0.05, 0) is 48.9 Å². The van der Waals surface area contributed by atoms with Crippen molar-refractivity contribution in [2.24, 2.45) is 0 Å². The van der Waals surface area contributed by atoms with E-state index < -0.39 is 16.1 Å². The van der Waals surface area contributed by atoms with E-state index in [2.05, 4.69) is 6.58 Å². The fourth-order valence-electron chi connectivity index (χ4n) is 3.35. The van der Waals surface area contributed by atoms with Crippen molar-refractivity contribution in [1.29, 1.82) is 0 Å². The maximum atomic E-state index is 12.9. The molecule has 166 valence electrons. The van der Waals surface area contributed by atoms with Crippen LogP contribution in [0.4, 0.5) is 10.5 Å². The van der Waals surface area contributed by atoms with Gasteiger partial charge < -0.3 is 9.47 Å². The second kappa shape index (κ2) is 10.1. The SMILES string of the molecule is C=CCc1cc(/C=C2\SC(=O)N(Cc3ccccc3[N+](=O)[O-])C2=O)cc(OCC)c1OC. The van der Waals surface area contributed by atoms with E-state index in [-0.39, 0.29) is 22.7 Å². The number of carbonyl (C=O) groups is 2. The molecule has 0 saturated carbocycles. The lowest BCUT2D eigenvalue weighted by Gasteiger charge is -2.14. The van der Waals surface area contributed by atoms with E-state index in [9.17, 15) is 19.7 Å². The maximum absolute atomic E-state index is 12.9. The van der Waals surface area contributed by atoms with Gasteiger partial charge >= 0.3 is 0 Å². The predicted octanol–water partition coefficient (Wildman–Crippen LogP) is 4.97. The summed E-state index contributed by atoms with van der Waals surface area (Å²) in [4.78, 5) is 37.4. The molecule has 0 bridgehead atoms. The van der Waals surface area contributed by atoms with Crippen LogP contribution in [0.25, 0.3) is 6.08 Å². The summed E-state index contributed by atoms with van der Waals surface area (Å²) in [7, 11) is 1.55. The molecule has 0 atom stereocenters. The van der Waals surface area contributed by atoms with Gasteiger partial charge in [-0.3, -0.25) is 24.6 Å². The van der Waals surface area contributed by atoms with Gasteiger partial charge in [-0.15, -0.1) is 6.58 Å². The van der Waals surface area contributed by atoms with Crippen molar-refractivity contribution < 1.29 is 24.0 Å². The Balaban J connectivity index is 1.94. The molecule has 1 saturated heterocycles. The summed E-state index contributed by atoms with van der Waals surface area (Å²) in [6.45, 7) is 5.87. The Morgan fingerprint density at radius 1 is 1.22 bits per heavy atom. The molecular formula is C23H22N2O6S. The molecule has 0 unspecified atom stereocenters. The Labute approximate surface area is 189 Å². The lowest BCUT2D eigenvalue weighted by molar-refractivity contribution is -0.385. The molecule has 1 fully saturated rings. The van der Waals surface area contributed by atoms with Crippen molar-refractivity contribution in [3.63, 3.8) is 0 Å². The molecule has 1 aliphatic rings. The Hall–Kier alpha value is -3.59. The van der Waals surface area contributed by atoms with Crippen LogP contribution < -0.4 is 9.47 Å². The largest absolute Gasteiger partial charge is 0.493 e. The summed E-state index contributed by atoms with van der Waals surface area (Å²) < 4.78 is 11.2. The predicted molar refractivity (Wildman–Crippen MR) is 123 cm³/mol. The molecule has 0 spiro atoms. The van der Waals surface area contributed by atoms with Crippen LogP contribution in [0.1, 0.15) is 23.6 Å². The van der Waals surface area contributed by atoms with Crippen molar-refractivity contribution in [1.82, 2.24) is 4.90 Å². The average molecular weight is 455 g/mol. The zero-order valence-corrected chi connectivity index (χ0v) is 18.5. The average Bonchev–Trinajstić information content (AvgIpc) is 3.02. The van der Waals surface area contributed by atoms with E-state index in [1.54, 1.807) is 31.4 Å². The van der Waals surface area contributed by atoms with Crippen molar-refractivity contribution in [2.75, 3.05) is 13.7 Å². The standard InChI is InChI=1S/C23H22N2O6S/c1-4-8-16-11-15(12-19(31-5-2)21(16)30-3)13-20-22(26)24(23(27)32-20)14-17-9-6-7-10-18(17)25(28)29/h4,6-7,9-13H,1,5,8,14H2,2-3H3/b20-13-. The molecule has 1 aliphatic heterocycles. The number of thioether (sulfide) groups is 1. The maximum Gasteiger partial charge on any atom is 0.293 e. The summed E-state index contributed by atoms with van der Waals surface area (Å²) in [6, 6.07) is 9.63. The Bertz CT molecular complexity index is 1110. The fraction of sp³-hybridized carbons (Fsp3) is 0.217. The van der Waals surface area contributed by atoms with Crippen LogP contribution in [0, 0.1) is 10.1 Å². The highest BCUT2D eigenvalue weighted by atomic mass is 32.2. The summed E-state index contributed by atoms with van der Waals surface area (Å²) in [5.41, 5.74) is 1.65. The number of para-hydroxylation sites is 1. The molecular weight excluding hydrogens is 432 g/mol. The van der Waals surface area contributed by atoms with E-state index >= 15 is 0 Å². The first-order valence-corrected chi connectivity index (χ1v) is 10.6. The third-order valence-electron chi connectivity index (χ3n) is 4.71. The van der Waals surface area contributed by atoms with Crippen molar-refractivity contribution in [2.45, 2.75) is 19.9 Å². The number of ether oxygens (including phenoxy) is 2. The molecule has 0 radical (unpaired) electrons. The summed E-state index contributed by atoms with van der Waals surface area (Å²) in [5, 5.41) is 10.8. The van der Waals surface area contributed by atoms with E-state index in [0.717, 1.165) is 22.2 Å². The highest BCUT2D eigenvalue weighted by molar-refractivity contribution is 8.18. The van der Waals surface area contributed by atoms with Gasteiger partial charge in [-0.2, -0.15) is 0 Å². The minimum atomic E-state index is -0.530. The first kappa shape index (κ1) is 23.1. The number of carbonyl (C=O) groups excluding carboxylic acids is 2. The van der Waals surface area contributed by atoms with Gasteiger partial charge in [0, 0.05) is 17.2 Å². The fourth-order valence-corrected chi connectivity index (χ4v) is 4.19. The first-order chi connectivity index (χ1) is 15.4. The minimum Gasteiger partial charge on any atom is -0.493 e. The molecule has 8 nitrogen and oxygen atoms in total. The van der Waals surface area contributed by atoms with Crippen LogP contribution in [0.15, 0.2) is 54.0 Å². The van der Waals surface area contributed by atoms with Gasteiger partial charge in [-0.1, -0.05) is 24.3 Å². The van der Waals surface area contributed by atoms with E-state index in [0.29, 0.717) is 30.1 Å². The van der Waals surface area contributed by atoms with E-state index in [4.69, 9.17) is 9.47 Å². The van der Waals surface area contributed by atoms with Crippen molar-refractivity contribution in [3.8, 4) is 11.5 Å². The van der Waals surface area contributed by atoms with Crippen molar-refractivity contribution >= 4 is 34.7 Å². The molecule has 0 N–H and O–H groups in total. The highest BCUT2D eigenvalue weighted by Crippen LogP contribution is 2.38. The zero-order valence-electron chi connectivity index (χ0n) is 17.7. The summed E-state index contributed by atoms with van der Waals surface area (Å²) in [5.74, 6) is 0.616. The highest BCUT2D eigenvalue weighted by Gasteiger charge is 2.36. The molecule has 1 heterocycles. The molecule has 2 aromatic carbocycles. The molecule has 0 aliphatic carbocycles. The molecule has 2 aromatic rings. The van der Waals surface area contributed by atoms with Gasteiger partial charge in [0.15, 0.2) is 11.5 Å². The van der Waals surface area contributed by atoms with Crippen LogP contribution in [-0.4, -0.2) is 34.7 Å². The zero-order chi connectivity index (χ0) is 23.3. The monoisotopic (exact) mass is 454 g/mol. The third kappa shape index (κ3) is 4.83. The van der Waals surface area contributed by atoms with Crippen LogP contribution in [0.5, 0.6) is 11.5 Å². The number of nitrogens with zero attached hydrogens (tertiary/aromatic N) is 2. The van der Waals surface area contributed by atoms with Gasteiger partial charge in [0.2, 0.25) is 0 Å². The Morgan fingerprint density at radius 2 is 1.97 bits per heavy atom. The second-order valence-corrected chi connectivity index (χ2v) is 7.78. The van der Waals surface area contributed by atoms with Gasteiger partial charge in [0.25, 0.3) is 16.8 Å². The molecule has 3 rings (SSSR count). The van der Waals surface area contributed by atoms with Crippen LogP contribution in [0.3, 0.4) is 0 Å². The Morgan fingerprint density at radius 3 is 2.62 bits per heavy atom. The van der Waals surface area contributed by atoms with Gasteiger partial charge in [0.1, 0.15) is 0 Å². The van der Waals surface area contributed by atoms with Crippen LogP contribution in [0.2, 0.25) is 0 Å². The number of rotatable bonds is 9. The van der Waals surface area contributed by atoms with Crippen molar-refractivity contribution in [3.05, 3.63) is 80.8 Å². The van der Waals surface area contributed by atoms with Gasteiger partial charge in [-0.25, -0.2) is 0 Å². The number of amides is 2. The number of allylic oxidation sites excluding steroid dienone is 1. The number of imide groups is 1. The second-order valence-electron chi connectivity index (χ2n) is 6.79. The lowest BCUT2D eigenvalue weighted by Crippen LogP contribution is -2.27. The van der Waals surface area contributed by atoms with Gasteiger partial charge in [0.05, 0.1) is 30.1 Å². The van der Waals surface area contributed by atoms with E-state index in [1.165, 1.54) is 18.2 Å². The molecule has 9 heteroatoms. The van der Waals surface area contributed by atoms with Crippen LogP contribution >= 0.6 is 11.8 Å². The number of hydrogen-bond acceptors (Lipinski definition) is 7. The number of nitro benzene ring substituents is 1. The number of nitro groups is 1. The normalized spacial score (nSPS) is 14.7. The summed E-state index contributed by atoms with van der Waals surface area (Å²) in [6.07, 6.45) is 3.88. The van der Waals surface area contributed by atoms with Crippen LogP contribution in [-0.2, 0) is 17.8 Å². The molecule has 32 heavy (non-hydrogen) atoms. The first-order valence-electron chi connectivity index (χ1n) is 9.81. The number of benzene rings is 2. The smallest absolute Gasteiger partial charge is 0.293 e. The number of methoxy groups -OCH3 is 1. The van der Waals surface area contributed by atoms with E-state index in [1.807, 2.05) is 13.0 Å². The third-order valence-corrected chi connectivity index (χ3v) is 5.62. The topological polar surface area (TPSA) is 99.0 Å². The lowest BCUT2D eigenvalue weighted by atomic mass is 10.0. The Kier molecular flexibility index (Phi) is 7.32. The quantitative estimate of drug-likeness (QED) is 0.228.